The van der Waals surface area contributed by atoms with Gasteiger partial charge in [-0.1, -0.05) is 60.8 Å². The van der Waals surface area contributed by atoms with Crippen LogP contribution >= 0.6 is 23.5 Å². The molecule has 0 heterocycles. The van der Waals surface area contributed by atoms with Crippen molar-refractivity contribution >= 4 is 23.5 Å². The molecule has 0 unspecified atom stereocenters. The van der Waals surface area contributed by atoms with Crippen LogP contribution < -0.4 is 4.74 Å². The van der Waals surface area contributed by atoms with E-state index < -0.39 is 0 Å². The molecule has 0 fully saturated rings. The summed E-state index contributed by atoms with van der Waals surface area (Å²) >= 11 is 3.58. The zero-order valence-electron chi connectivity index (χ0n) is 14.7. The van der Waals surface area contributed by atoms with Gasteiger partial charge in [-0.15, -0.1) is 0 Å². The van der Waals surface area contributed by atoms with Gasteiger partial charge in [-0.2, -0.15) is 0 Å². The van der Waals surface area contributed by atoms with Crippen LogP contribution in [0.2, 0.25) is 0 Å². The molecule has 3 aromatic rings. The Morgan fingerprint density at radius 1 is 0.769 bits per heavy atom. The molecular weight excluding hydrogens is 360 g/mol. The summed E-state index contributed by atoms with van der Waals surface area (Å²) in [6.07, 6.45) is 1.04. The molecular formula is C22H22O2S2. The average molecular weight is 383 g/mol. The van der Waals surface area contributed by atoms with Gasteiger partial charge in [0.2, 0.25) is 0 Å². The Labute approximate surface area is 163 Å². The summed E-state index contributed by atoms with van der Waals surface area (Å²) < 4.78 is 5.43. The van der Waals surface area contributed by atoms with E-state index in [0.717, 1.165) is 17.1 Å². The molecule has 0 aromatic heterocycles. The Hall–Kier alpha value is -1.88. The molecule has 26 heavy (non-hydrogen) atoms. The van der Waals surface area contributed by atoms with E-state index in [4.69, 9.17) is 9.84 Å². The van der Waals surface area contributed by atoms with Crippen molar-refractivity contribution in [3.8, 4) is 5.75 Å². The lowest BCUT2D eigenvalue weighted by Gasteiger charge is -2.11. The third-order valence-electron chi connectivity index (χ3n) is 3.83. The molecule has 0 spiro atoms. The van der Waals surface area contributed by atoms with Crippen LogP contribution in [0.5, 0.6) is 5.75 Å². The van der Waals surface area contributed by atoms with E-state index >= 15 is 0 Å². The molecule has 3 aromatic carbocycles. The largest absolute Gasteiger partial charge is 0.491 e. The lowest BCUT2D eigenvalue weighted by Crippen LogP contribution is -2.01. The lowest BCUT2D eigenvalue weighted by molar-refractivity contribution is 0.201. The van der Waals surface area contributed by atoms with Gasteiger partial charge in [-0.05, 0) is 54.4 Å². The van der Waals surface area contributed by atoms with Gasteiger partial charge < -0.3 is 9.84 Å². The van der Waals surface area contributed by atoms with Crippen molar-refractivity contribution in [2.24, 2.45) is 0 Å². The van der Waals surface area contributed by atoms with Crippen molar-refractivity contribution in [3.63, 3.8) is 0 Å². The summed E-state index contributed by atoms with van der Waals surface area (Å²) in [5.74, 6) is 0.780. The molecule has 0 aliphatic carbocycles. The number of benzene rings is 3. The monoisotopic (exact) mass is 382 g/mol. The third kappa shape index (κ3) is 5.07. The number of hydrogen-bond donors (Lipinski definition) is 1. The molecule has 0 aliphatic heterocycles. The van der Waals surface area contributed by atoms with Crippen LogP contribution in [0, 0.1) is 0 Å². The molecule has 1 N–H and O–H groups in total. The number of ether oxygens (including phenoxy) is 1. The predicted octanol–water partition coefficient (Wildman–Crippen LogP) is 5.92. The second-order valence-corrected chi connectivity index (χ2v) is 7.85. The van der Waals surface area contributed by atoms with Gasteiger partial charge in [-0.25, -0.2) is 0 Å². The molecule has 4 heteroatoms. The second kappa shape index (κ2) is 9.72. The molecule has 0 saturated carbocycles. The first kappa shape index (κ1) is 18.9. The molecule has 3 rings (SSSR count). The Kier molecular flexibility index (Phi) is 7.06. The number of hydrogen-bond acceptors (Lipinski definition) is 4. The van der Waals surface area contributed by atoms with Gasteiger partial charge in [0, 0.05) is 19.6 Å². The van der Waals surface area contributed by atoms with Gasteiger partial charge >= 0.3 is 0 Å². The van der Waals surface area contributed by atoms with Gasteiger partial charge in [0.05, 0.1) is 6.61 Å². The van der Waals surface area contributed by atoms with E-state index in [9.17, 15) is 0 Å². The fourth-order valence-electron chi connectivity index (χ4n) is 2.53. The molecule has 0 aliphatic rings. The van der Waals surface area contributed by atoms with Crippen LogP contribution in [0.1, 0.15) is 12.5 Å². The normalized spacial score (nSPS) is 10.7. The zero-order valence-corrected chi connectivity index (χ0v) is 16.4. The maximum Gasteiger partial charge on any atom is 0.119 e. The van der Waals surface area contributed by atoms with Crippen LogP contribution in [0.25, 0.3) is 0 Å². The van der Waals surface area contributed by atoms with Gasteiger partial charge in [0.25, 0.3) is 0 Å². The highest BCUT2D eigenvalue weighted by molar-refractivity contribution is 8.02. The topological polar surface area (TPSA) is 29.5 Å². The first-order valence-electron chi connectivity index (χ1n) is 8.66. The molecule has 0 atom stereocenters. The Bertz CT molecular complexity index is 832. The summed E-state index contributed by atoms with van der Waals surface area (Å²) in [5.41, 5.74) is 1.38. The van der Waals surface area contributed by atoms with Crippen molar-refractivity contribution in [1.29, 1.82) is 0 Å². The third-order valence-corrected chi connectivity index (χ3v) is 6.24. The van der Waals surface area contributed by atoms with Crippen LogP contribution in [0.4, 0.5) is 0 Å². The summed E-state index contributed by atoms with van der Waals surface area (Å²) in [7, 11) is 0. The first-order valence-corrected chi connectivity index (χ1v) is 10.3. The van der Waals surface area contributed by atoms with Gasteiger partial charge in [0.1, 0.15) is 12.4 Å². The SMILES string of the molecule is CCc1ccccc1Sc1ccccc1Sc1ccc(OCCO)cc1. The average Bonchev–Trinajstić information content (AvgIpc) is 2.69. The van der Waals surface area contributed by atoms with Crippen molar-refractivity contribution in [2.45, 2.75) is 32.9 Å². The molecule has 0 saturated heterocycles. The molecule has 0 amide bonds. The highest BCUT2D eigenvalue weighted by Gasteiger charge is 2.08. The molecule has 134 valence electrons. The first-order chi connectivity index (χ1) is 12.8. The van der Waals surface area contributed by atoms with E-state index in [1.165, 1.54) is 20.2 Å². The Morgan fingerprint density at radius 2 is 1.38 bits per heavy atom. The fraction of sp³-hybridized carbons (Fsp3) is 0.182. The van der Waals surface area contributed by atoms with Crippen molar-refractivity contribution < 1.29 is 9.84 Å². The van der Waals surface area contributed by atoms with E-state index in [1.54, 1.807) is 11.8 Å². The fourth-order valence-corrected chi connectivity index (χ4v) is 4.66. The molecule has 0 bridgehead atoms. The highest BCUT2D eigenvalue weighted by atomic mass is 32.2. The Balaban J connectivity index is 1.77. The summed E-state index contributed by atoms with van der Waals surface area (Å²) in [6, 6.07) is 25.1. The minimum Gasteiger partial charge on any atom is -0.491 e. The van der Waals surface area contributed by atoms with Crippen molar-refractivity contribution in [3.05, 3.63) is 78.4 Å². The number of aliphatic hydroxyl groups is 1. The van der Waals surface area contributed by atoms with Crippen LogP contribution in [-0.2, 0) is 6.42 Å². The lowest BCUT2D eigenvalue weighted by atomic mass is 10.2. The van der Waals surface area contributed by atoms with Crippen molar-refractivity contribution in [1.82, 2.24) is 0 Å². The van der Waals surface area contributed by atoms with Crippen LogP contribution in [0.15, 0.2) is 92.4 Å². The van der Waals surface area contributed by atoms with Crippen molar-refractivity contribution in [2.75, 3.05) is 13.2 Å². The van der Waals surface area contributed by atoms with Gasteiger partial charge in [0.15, 0.2) is 0 Å². The van der Waals surface area contributed by atoms with E-state index in [-0.39, 0.29) is 6.61 Å². The minimum absolute atomic E-state index is 0.0281. The maximum atomic E-state index is 8.83. The second-order valence-electron chi connectivity index (χ2n) is 5.66. The Morgan fingerprint density at radius 3 is 2.04 bits per heavy atom. The number of rotatable bonds is 8. The quantitative estimate of drug-likeness (QED) is 0.523. The van der Waals surface area contributed by atoms with Gasteiger partial charge in [-0.3, -0.25) is 0 Å². The summed E-state index contributed by atoms with van der Waals surface area (Å²) in [5, 5.41) is 8.83. The van der Waals surface area contributed by atoms with Crippen LogP contribution in [0.3, 0.4) is 0 Å². The molecule has 2 nitrogen and oxygen atoms in total. The minimum atomic E-state index is 0.0281. The highest BCUT2D eigenvalue weighted by Crippen LogP contribution is 2.40. The summed E-state index contributed by atoms with van der Waals surface area (Å²) in [6.45, 7) is 2.55. The van der Waals surface area contributed by atoms with E-state index in [0.29, 0.717) is 6.61 Å². The zero-order chi connectivity index (χ0) is 18.2. The van der Waals surface area contributed by atoms with E-state index in [2.05, 4.69) is 67.6 Å². The predicted molar refractivity (Wildman–Crippen MR) is 110 cm³/mol. The van der Waals surface area contributed by atoms with Crippen LogP contribution in [-0.4, -0.2) is 18.3 Å². The molecule has 0 radical (unpaired) electrons. The standard InChI is InChI=1S/C22H22O2S2/c1-2-17-7-3-4-8-20(17)26-22-10-6-5-9-21(22)25-19-13-11-18(12-14-19)24-16-15-23/h3-14,23H,2,15-16H2,1H3. The van der Waals surface area contributed by atoms with E-state index in [1.807, 2.05) is 23.9 Å². The number of aryl methyl sites for hydroxylation is 1. The summed E-state index contributed by atoms with van der Waals surface area (Å²) in [4.78, 5) is 4.99. The maximum absolute atomic E-state index is 8.83. The number of aliphatic hydroxyl groups excluding tert-OH is 1. The smallest absolute Gasteiger partial charge is 0.119 e.